The Hall–Kier alpha value is -2.59. The number of hydroxylamine groups is 2. The summed E-state index contributed by atoms with van der Waals surface area (Å²) in [4.78, 5) is 57.4. The van der Waals surface area contributed by atoms with E-state index in [9.17, 15) is 34.8 Å². The molecule has 2 heterocycles. The predicted octanol–water partition coefficient (Wildman–Crippen LogP) is 1.59. The van der Waals surface area contributed by atoms with Gasteiger partial charge in [-0.1, -0.05) is 34.6 Å². The van der Waals surface area contributed by atoms with Gasteiger partial charge in [0.2, 0.25) is 5.91 Å². The number of nitrogens with zero attached hydrogens (tertiary/aromatic N) is 1. The van der Waals surface area contributed by atoms with Crippen molar-refractivity contribution >= 4 is 17.8 Å². The van der Waals surface area contributed by atoms with E-state index in [1.165, 1.54) is 33.8 Å². The highest BCUT2D eigenvalue weighted by atomic mass is 17.3. The Labute approximate surface area is 273 Å². The van der Waals surface area contributed by atoms with Crippen LogP contribution in [0.2, 0.25) is 0 Å². The van der Waals surface area contributed by atoms with Crippen LogP contribution in [0.3, 0.4) is 0 Å². The van der Waals surface area contributed by atoms with Gasteiger partial charge in [-0.2, -0.15) is 0 Å². The molecule has 1 aliphatic heterocycles. The van der Waals surface area contributed by atoms with Gasteiger partial charge in [0, 0.05) is 47.6 Å². The summed E-state index contributed by atoms with van der Waals surface area (Å²) >= 11 is 0. The van der Waals surface area contributed by atoms with Gasteiger partial charge in [-0.05, 0) is 31.2 Å². The monoisotopic (exact) mass is 665 g/mol. The predicted molar refractivity (Wildman–Crippen MR) is 158 cm³/mol. The first kappa shape index (κ1) is 34.3. The van der Waals surface area contributed by atoms with E-state index in [-0.39, 0.29) is 32.1 Å². The van der Waals surface area contributed by atoms with Crippen molar-refractivity contribution in [3.63, 3.8) is 0 Å². The summed E-state index contributed by atoms with van der Waals surface area (Å²) in [6, 6.07) is 1.60. The third-order valence-corrected chi connectivity index (χ3v) is 13.4. The molecular weight excluding hydrogens is 618 g/mol. The smallest absolute Gasteiger partial charge is 0.308 e. The molecule has 6 rings (SSSR count). The number of aliphatic hydroxyl groups excluding tert-OH is 2. The second-order valence-corrected chi connectivity index (χ2v) is 15.4. The Bertz CT molecular complexity index is 1450. The van der Waals surface area contributed by atoms with Gasteiger partial charge in [0.25, 0.3) is 0 Å². The zero-order valence-electron chi connectivity index (χ0n) is 28.1. The topological polar surface area (TPSA) is 195 Å². The van der Waals surface area contributed by atoms with E-state index in [0.717, 1.165) is 5.06 Å². The zero-order chi connectivity index (χ0) is 34.8. The Morgan fingerprint density at radius 2 is 1.74 bits per heavy atom. The largest absolute Gasteiger partial charge is 0.472 e. The number of rotatable bonds is 9. The van der Waals surface area contributed by atoms with E-state index >= 15 is 0 Å². The van der Waals surface area contributed by atoms with E-state index in [1.54, 1.807) is 40.7 Å². The molecule has 4 N–H and O–H groups in total. The fourth-order valence-electron chi connectivity index (χ4n) is 10.9. The molecule has 47 heavy (non-hydrogen) atoms. The molecule has 4 aliphatic carbocycles. The summed E-state index contributed by atoms with van der Waals surface area (Å²) in [5.74, 6) is -4.34. The van der Waals surface area contributed by atoms with Crippen LogP contribution in [0.25, 0.3) is 0 Å². The lowest BCUT2D eigenvalue weighted by molar-refractivity contribution is -0.643. The molecule has 12 atom stereocenters. The summed E-state index contributed by atoms with van der Waals surface area (Å²) < 4.78 is 16.4. The molecule has 14 heteroatoms. The van der Waals surface area contributed by atoms with Gasteiger partial charge in [-0.3, -0.25) is 19.2 Å². The number of carbonyl (C=O) groups excluding carboxylic acids is 3. The quantitative estimate of drug-likeness (QED) is 0.169. The number of fused-ring (bicyclic) bond motifs is 1. The van der Waals surface area contributed by atoms with Crippen LogP contribution in [-0.2, 0) is 38.5 Å². The number of hydrogen-bond donors (Lipinski definition) is 4. The van der Waals surface area contributed by atoms with Gasteiger partial charge < -0.3 is 34.3 Å². The Balaban J connectivity index is 1.62. The summed E-state index contributed by atoms with van der Waals surface area (Å²) in [6.07, 6.45) is -2.37. The average molecular weight is 666 g/mol. The molecule has 1 aromatic heterocycles. The van der Waals surface area contributed by atoms with Crippen molar-refractivity contribution in [3.05, 3.63) is 24.2 Å². The number of hydrogen-bond acceptors (Lipinski definition) is 13. The first-order chi connectivity index (χ1) is 21.8. The summed E-state index contributed by atoms with van der Waals surface area (Å²) in [5.41, 5.74) is -11.9. The van der Waals surface area contributed by atoms with Crippen molar-refractivity contribution in [1.82, 2.24) is 5.06 Å². The number of esters is 2. The molecule has 0 radical (unpaired) electrons. The van der Waals surface area contributed by atoms with Crippen molar-refractivity contribution < 1.29 is 63.3 Å². The molecular formula is C33H47NO13. The lowest BCUT2D eigenvalue weighted by Crippen LogP contribution is -2.97. The molecule has 5 fully saturated rings. The van der Waals surface area contributed by atoms with Crippen molar-refractivity contribution in [3.8, 4) is 0 Å². The molecule has 0 aromatic carbocycles. The number of methoxy groups -OCH3 is 1. The highest BCUT2D eigenvalue weighted by Crippen LogP contribution is 2.86. The van der Waals surface area contributed by atoms with Gasteiger partial charge in [0.15, 0.2) is 11.2 Å². The fourth-order valence-corrected chi connectivity index (χ4v) is 10.9. The van der Waals surface area contributed by atoms with Gasteiger partial charge >= 0.3 is 11.9 Å². The normalized spacial score (nSPS) is 46.7. The average Bonchev–Trinajstić information content (AvgIpc) is 3.66. The van der Waals surface area contributed by atoms with Crippen molar-refractivity contribution in [2.75, 3.05) is 21.3 Å². The molecule has 2 bridgehead atoms. The van der Waals surface area contributed by atoms with Crippen LogP contribution in [0, 0.1) is 34.0 Å². The minimum Gasteiger partial charge on any atom is -0.472 e. The van der Waals surface area contributed by atoms with Crippen LogP contribution in [-0.4, -0.2) is 99.2 Å². The van der Waals surface area contributed by atoms with Crippen molar-refractivity contribution in [1.29, 1.82) is 0 Å². The SMILES string of the molecule is COC(=O)CC1C2(C)CC3(O)C(O)(C2OC(=O)C(C)C)C(O)C24OOC2(CCC(C)(C(O)c2ccoc2)C4CC(=O)N(C)OC)C13C. The summed E-state index contributed by atoms with van der Waals surface area (Å²) in [6.45, 7) is 8.43. The Kier molecular flexibility index (Phi) is 7.63. The number of aliphatic hydroxyl groups is 4. The lowest BCUT2D eigenvalue weighted by atomic mass is 9.33. The Morgan fingerprint density at radius 3 is 2.28 bits per heavy atom. The molecule has 1 aromatic rings. The standard InChI is InChI=1S/C33H47NO13/c1-17(2)24(38)45-26-28(4)16-30(40)29(5,19(28)14-22(36)42-7)31-11-10-27(3,23(37)18-9-12-44-15-18)20(13-21(35)34(6)43-8)33(31,47-46-31)25(39)32(26,30)41/h9,12,15,17,19-20,23,25-26,37,39-41H,10-11,13-14,16H2,1-8H3. The summed E-state index contributed by atoms with van der Waals surface area (Å²) in [5, 5.41) is 51.7. The molecule has 1 saturated heterocycles. The third-order valence-electron chi connectivity index (χ3n) is 13.4. The molecule has 5 aliphatic rings. The molecule has 4 saturated carbocycles. The molecule has 14 nitrogen and oxygen atoms in total. The maximum absolute atomic E-state index is 13.7. The van der Waals surface area contributed by atoms with Crippen LogP contribution in [0.1, 0.15) is 78.4 Å². The number of carbonyl (C=O) groups is 3. The van der Waals surface area contributed by atoms with E-state index in [1.807, 2.05) is 0 Å². The number of amides is 1. The highest BCUT2D eigenvalue weighted by Gasteiger charge is 3.00. The van der Waals surface area contributed by atoms with Crippen LogP contribution in [0.5, 0.6) is 0 Å². The van der Waals surface area contributed by atoms with Gasteiger partial charge in [0.05, 0.1) is 38.8 Å². The van der Waals surface area contributed by atoms with Crippen LogP contribution >= 0.6 is 0 Å². The van der Waals surface area contributed by atoms with Crippen molar-refractivity contribution in [2.24, 2.45) is 34.0 Å². The van der Waals surface area contributed by atoms with Crippen LogP contribution in [0.15, 0.2) is 23.0 Å². The van der Waals surface area contributed by atoms with E-state index in [0.29, 0.717) is 5.56 Å². The van der Waals surface area contributed by atoms with E-state index in [4.69, 9.17) is 28.5 Å². The zero-order valence-corrected chi connectivity index (χ0v) is 28.1. The van der Waals surface area contributed by atoms with Crippen LogP contribution < -0.4 is 0 Å². The number of furan rings is 1. The lowest BCUT2D eigenvalue weighted by Gasteiger charge is -2.80. The first-order valence-electron chi connectivity index (χ1n) is 16.1. The molecule has 262 valence electrons. The minimum absolute atomic E-state index is 0.0966. The number of ether oxygens (including phenoxy) is 2. The minimum atomic E-state index is -2.56. The second-order valence-electron chi connectivity index (χ2n) is 15.4. The molecule has 0 spiro atoms. The van der Waals surface area contributed by atoms with Gasteiger partial charge in [-0.25, -0.2) is 14.8 Å². The maximum Gasteiger partial charge on any atom is 0.308 e. The fraction of sp³-hybridized carbons (Fsp3) is 0.788. The first-order valence-corrected chi connectivity index (χ1v) is 16.1. The Morgan fingerprint density at radius 1 is 1.06 bits per heavy atom. The van der Waals surface area contributed by atoms with Crippen molar-refractivity contribution in [2.45, 2.75) is 107 Å². The summed E-state index contributed by atoms with van der Waals surface area (Å²) in [7, 11) is 3.99. The third kappa shape index (κ3) is 3.67. The van der Waals surface area contributed by atoms with E-state index < -0.39 is 92.6 Å². The van der Waals surface area contributed by atoms with Gasteiger partial charge in [0.1, 0.15) is 23.4 Å². The molecule has 12 unspecified atom stereocenters. The maximum atomic E-state index is 13.7. The second kappa shape index (κ2) is 10.5. The van der Waals surface area contributed by atoms with E-state index in [2.05, 4.69) is 0 Å². The van der Waals surface area contributed by atoms with Crippen LogP contribution in [0.4, 0.5) is 0 Å². The van der Waals surface area contributed by atoms with Gasteiger partial charge in [-0.15, -0.1) is 0 Å². The molecule has 1 amide bonds. The highest BCUT2D eigenvalue weighted by molar-refractivity contribution is 5.76.